The number of amides is 1. The van der Waals surface area contributed by atoms with E-state index in [0.717, 1.165) is 37.5 Å². The quantitative estimate of drug-likeness (QED) is 0.905. The van der Waals surface area contributed by atoms with Crippen LogP contribution in [-0.2, 0) is 6.54 Å². The van der Waals surface area contributed by atoms with Gasteiger partial charge in [-0.2, -0.15) is 0 Å². The Morgan fingerprint density at radius 1 is 1.47 bits per heavy atom. The standard InChI is InChI=1S/C14H21N3O.ClH/c1-11-3-2-7-17(8-5-11)14(18)12-4-6-16-13(9-12)10-15;/h4,6,9,11H,2-3,5,7-8,10,15H2,1H3;1H. The molecule has 1 aromatic rings. The molecule has 1 fully saturated rings. The number of halogens is 1. The second-order valence-corrected chi connectivity index (χ2v) is 5.07. The molecule has 1 aliphatic rings. The third-order valence-corrected chi connectivity index (χ3v) is 3.58. The fraction of sp³-hybridized carbons (Fsp3) is 0.571. The van der Waals surface area contributed by atoms with Crippen molar-refractivity contribution in [3.05, 3.63) is 29.6 Å². The first-order valence-corrected chi connectivity index (χ1v) is 6.65. The summed E-state index contributed by atoms with van der Waals surface area (Å²) in [4.78, 5) is 18.5. The van der Waals surface area contributed by atoms with Crippen molar-refractivity contribution in [2.75, 3.05) is 13.1 Å². The van der Waals surface area contributed by atoms with E-state index in [2.05, 4.69) is 11.9 Å². The molecule has 4 nitrogen and oxygen atoms in total. The lowest BCUT2D eigenvalue weighted by Gasteiger charge is -2.20. The number of likely N-dealkylation sites (tertiary alicyclic amines) is 1. The van der Waals surface area contributed by atoms with Crippen LogP contribution in [0, 0.1) is 5.92 Å². The van der Waals surface area contributed by atoms with Crippen molar-refractivity contribution in [2.45, 2.75) is 32.7 Å². The molecule has 0 saturated carbocycles. The normalized spacial score (nSPS) is 19.5. The zero-order chi connectivity index (χ0) is 13.0. The number of carbonyl (C=O) groups is 1. The maximum Gasteiger partial charge on any atom is 0.253 e. The number of aromatic nitrogens is 1. The van der Waals surface area contributed by atoms with Crippen LogP contribution in [0.2, 0.25) is 0 Å². The summed E-state index contributed by atoms with van der Waals surface area (Å²) in [6.45, 7) is 4.36. The summed E-state index contributed by atoms with van der Waals surface area (Å²) in [6, 6.07) is 3.58. The second-order valence-electron chi connectivity index (χ2n) is 5.07. The number of hydrogen-bond donors (Lipinski definition) is 1. The van der Waals surface area contributed by atoms with E-state index in [1.54, 1.807) is 18.3 Å². The number of nitrogens with zero attached hydrogens (tertiary/aromatic N) is 2. The van der Waals surface area contributed by atoms with Gasteiger partial charge in [-0.25, -0.2) is 0 Å². The van der Waals surface area contributed by atoms with Gasteiger partial charge in [0.05, 0.1) is 5.69 Å². The maximum absolute atomic E-state index is 12.4. The molecule has 1 aliphatic heterocycles. The van der Waals surface area contributed by atoms with Crippen molar-refractivity contribution >= 4 is 18.3 Å². The highest BCUT2D eigenvalue weighted by molar-refractivity contribution is 5.94. The third kappa shape index (κ3) is 4.18. The van der Waals surface area contributed by atoms with Crippen LogP contribution < -0.4 is 5.73 Å². The van der Waals surface area contributed by atoms with Gasteiger partial charge in [-0.1, -0.05) is 6.92 Å². The first kappa shape index (κ1) is 15.9. The molecule has 0 bridgehead atoms. The highest BCUT2D eigenvalue weighted by Crippen LogP contribution is 2.18. The van der Waals surface area contributed by atoms with Gasteiger partial charge in [0, 0.05) is 31.4 Å². The fourth-order valence-corrected chi connectivity index (χ4v) is 2.37. The predicted octanol–water partition coefficient (Wildman–Crippen LogP) is 2.22. The minimum atomic E-state index is 0. The highest BCUT2D eigenvalue weighted by Gasteiger charge is 2.19. The van der Waals surface area contributed by atoms with E-state index in [1.165, 1.54) is 6.42 Å². The molecule has 0 aliphatic carbocycles. The Kier molecular flexibility index (Phi) is 6.25. The lowest BCUT2D eigenvalue weighted by atomic mass is 10.0. The van der Waals surface area contributed by atoms with Gasteiger partial charge in [0.2, 0.25) is 0 Å². The summed E-state index contributed by atoms with van der Waals surface area (Å²) in [5.41, 5.74) is 7.03. The van der Waals surface area contributed by atoms with Crippen LogP contribution in [-0.4, -0.2) is 28.9 Å². The summed E-state index contributed by atoms with van der Waals surface area (Å²) < 4.78 is 0. The molecule has 2 N–H and O–H groups in total. The molecule has 106 valence electrons. The second kappa shape index (κ2) is 7.46. The lowest BCUT2D eigenvalue weighted by Crippen LogP contribution is -2.32. The molecule has 0 spiro atoms. The van der Waals surface area contributed by atoms with Crippen molar-refractivity contribution in [3.8, 4) is 0 Å². The Morgan fingerprint density at radius 2 is 2.26 bits per heavy atom. The Bertz CT molecular complexity index is 425. The fourth-order valence-electron chi connectivity index (χ4n) is 2.37. The lowest BCUT2D eigenvalue weighted by molar-refractivity contribution is 0.0760. The zero-order valence-electron chi connectivity index (χ0n) is 11.3. The van der Waals surface area contributed by atoms with Crippen LogP contribution in [0.25, 0.3) is 0 Å². The van der Waals surface area contributed by atoms with Crippen molar-refractivity contribution in [3.63, 3.8) is 0 Å². The summed E-state index contributed by atoms with van der Waals surface area (Å²) in [6.07, 6.45) is 5.08. The molecule has 1 aromatic heterocycles. The van der Waals surface area contributed by atoms with E-state index in [-0.39, 0.29) is 18.3 Å². The number of rotatable bonds is 2. The summed E-state index contributed by atoms with van der Waals surface area (Å²) in [5, 5.41) is 0. The number of carbonyl (C=O) groups excluding carboxylic acids is 1. The third-order valence-electron chi connectivity index (χ3n) is 3.58. The van der Waals surface area contributed by atoms with Gasteiger partial charge >= 0.3 is 0 Å². The van der Waals surface area contributed by atoms with Crippen LogP contribution >= 0.6 is 12.4 Å². The zero-order valence-corrected chi connectivity index (χ0v) is 12.2. The summed E-state index contributed by atoms with van der Waals surface area (Å²) in [5.74, 6) is 0.834. The van der Waals surface area contributed by atoms with Gasteiger partial charge in [-0.3, -0.25) is 9.78 Å². The Hall–Kier alpha value is -1.13. The minimum absolute atomic E-state index is 0. The molecule has 1 amide bonds. The molecule has 19 heavy (non-hydrogen) atoms. The van der Waals surface area contributed by atoms with Gasteiger partial charge in [-0.15, -0.1) is 12.4 Å². The van der Waals surface area contributed by atoms with Crippen LogP contribution in [0.1, 0.15) is 42.2 Å². The minimum Gasteiger partial charge on any atom is -0.339 e. The average molecular weight is 284 g/mol. The van der Waals surface area contributed by atoms with Crippen LogP contribution in [0.4, 0.5) is 0 Å². The van der Waals surface area contributed by atoms with Gasteiger partial charge in [0.15, 0.2) is 0 Å². The predicted molar refractivity (Wildman–Crippen MR) is 78.3 cm³/mol. The Morgan fingerprint density at radius 3 is 3.00 bits per heavy atom. The molecule has 5 heteroatoms. The first-order valence-electron chi connectivity index (χ1n) is 6.65. The monoisotopic (exact) mass is 283 g/mol. The number of pyridine rings is 1. The smallest absolute Gasteiger partial charge is 0.253 e. The van der Waals surface area contributed by atoms with E-state index >= 15 is 0 Å². The van der Waals surface area contributed by atoms with Crippen LogP contribution in [0.5, 0.6) is 0 Å². The van der Waals surface area contributed by atoms with Gasteiger partial charge in [-0.05, 0) is 37.3 Å². The number of nitrogens with two attached hydrogens (primary N) is 1. The molecule has 1 atom stereocenters. The van der Waals surface area contributed by atoms with Gasteiger partial charge < -0.3 is 10.6 Å². The SMILES string of the molecule is CC1CCCN(C(=O)c2ccnc(CN)c2)CC1.Cl. The molecular formula is C14H22ClN3O. The van der Waals surface area contributed by atoms with E-state index in [1.807, 2.05) is 4.90 Å². The van der Waals surface area contributed by atoms with Crippen LogP contribution in [0.15, 0.2) is 18.3 Å². The van der Waals surface area contributed by atoms with E-state index in [4.69, 9.17) is 5.73 Å². The van der Waals surface area contributed by atoms with Gasteiger partial charge in [0.25, 0.3) is 5.91 Å². The summed E-state index contributed by atoms with van der Waals surface area (Å²) in [7, 11) is 0. The van der Waals surface area contributed by atoms with Crippen molar-refractivity contribution in [2.24, 2.45) is 11.7 Å². The van der Waals surface area contributed by atoms with Crippen molar-refractivity contribution in [1.29, 1.82) is 0 Å². The molecule has 1 saturated heterocycles. The Labute approximate surface area is 120 Å². The molecular weight excluding hydrogens is 262 g/mol. The first-order chi connectivity index (χ1) is 8.70. The van der Waals surface area contributed by atoms with E-state index in [0.29, 0.717) is 12.1 Å². The molecule has 1 unspecified atom stereocenters. The molecule has 2 rings (SSSR count). The maximum atomic E-state index is 12.4. The highest BCUT2D eigenvalue weighted by atomic mass is 35.5. The van der Waals surface area contributed by atoms with Crippen molar-refractivity contribution < 1.29 is 4.79 Å². The van der Waals surface area contributed by atoms with E-state index < -0.39 is 0 Å². The molecule has 0 radical (unpaired) electrons. The topological polar surface area (TPSA) is 59.2 Å². The average Bonchev–Trinajstić information content (AvgIpc) is 2.63. The van der Waals surface area contributed by atoms with Gasteiger partial charge in [0.1, 0.15) is 0 Å². The molecule has 0 aromatic carbocycles. The molecule has 2 heterocycles. The largest absolute Gasteiger partial charge is 0.339 e. The van der Waals surface area contributed by atoms with Crippen molar-refractivity contribution in [1.82, 2.24) is 9.88 Å². The summed E-state index contributed by atoms with van der Waals surface area (Å²) >= 11 is 0. The Balaban J connectivity index is 0.00000180. The van der Waals surface area contributed by atoms with E-state index in [9.17, 15) is 4.79 Å². The van der Waals surface area contributed by atoms with Crippen LogP contribution in [0.3, 0.4) is 0 Å². The number of hydrogen-bond acceptors (Lipinski definition) is 3.